The van der Waals surface area contributed by atoms with Gasteiger partial charge in [-0.15, -0.1) is 0 Å². The summed E-state index contributed by atoms with van der Waals surface area (Å²) in [5, 5.41) is 4.11. The van der Waals surface area contributed by atoms with Gasteiger partial charge in [0.15, 0.2) is 5.65 Å². The van der Waals surface area contributed by atoms with E-state index < -0.39 is 0 Å². The van der Waals surface area contributed by atoms with Crippen LogP contribution in [-0.2, 0) is 0 Å². The molecule has 0 radical (unpaired) electrons. The van der Waals surface area contributed by atoms with Crippen molar-refractivity contribution in [2.24, 2.45) is 0 Å². The Bertz CT molecular complexity index is 653. The minimum absolute atomic E-state index is 0.506. The number of aromatic nitrogens is 4. The zero-order valence-corrected chi connectivity index (χ0v) is 10.2. The number of ether oxygens (including phenoxy) is 1. The summed E-state index contributed by atoms with van der Waals surface area (Å²) in [7, 11) is 0. The molecule has 6 heteroatoms. The third-order valence-electron chi connectivity index (χ3n) is 2.16. The number of hydrogen-bond donors (Lipinski definition) is 0. The number of hydrogen-bond acceptors (Lipinski definition) is 4. The van der Waals surface area contributed by atoms with Crippen LogP contribution in [0, 0.1) is 0 Å². The molecule has 0 saturated heterocycles. The molecule has 0 aliphatic carbocycles. The fourth-order valence-electron chi connectivity index (χ4n) is 1.41. The quantitative estimate of drug-likeness (QED) is 0.728. The van der Waals surface area contributed by atoms with Crippen LogP contribution >= 0.6 is 15.9 Å². The molecule has 0 atom stereocenters. The summed E-state index contributed by atoms with van der Waals surface area (Å²) in [5.41, 5.74) is 0.714. The smallest absolute Gasteiger partial charge is 0.222 e. The van der Waals surface area contributed by atoms with E-state index in [0.717, 1.165) is 4.47 Å². The van der Waals surface area contributed by atoms with Gasteiger partial charge >= 0.3 is 0 Å². The summed E-state index contributed by atoms with van der Waals surface area (Å²) in [5.74, 6) is 1.16. The molecule has 0 aliphatic rings. The Labute approximate surface area is 105 Å². The average Bonchev–Trinajstić information content (AvgIpc) is 2.73. The van der Waals surface area contributed by atoms with Gasteiger partial charge < -0.3 is 4.74 Å². The molecule has 3 aromatic rings. The van der Waals surface area contributed by atoms with Crippen molar-refractivity contribution < 1.29 is 4.74 Å². The maximum absolute atomic E-state index is 5.58. The van der Waals surface area contributed by atoms with Gasteiger partial charge in [-0.2, -0.15) is 10.1 Å². The lowest BCUT2D eigenvalue weighted by atomic mass is 10.5. The molecule has 0 bridgehead atoms. The number of pyridine rings is 1. The molecule has 3 heterocycles. The SMILES string of the molecule is Brc1cnn2ccc(Oc3cccnc3)nc12. The molecule has 0 aliphatic heterocycles. The van der Waals surface area contributed by atoms with E-state index in [1.165, 1.54) is 0 Å². The van der Waals surface area contributed by atoms with Crippen molar-refractivity contribution in [1.82, 2.24) is 19.6 Å². The summed E-state index contributed by atoms with van der Waals surface area (Å²) >= 11 is 3.37. The lowest BCUT2D eigenvalue weighted by Gasteiger charge is -2.03. The van der Waals surface area contributed by atoms with Gasteiger partial charge in [0.2, 0.25) is 5.88 Å². The first-order valence-corrected chi connectivity index (χ1v) is 5.70. The monoisotopic (exact) mass is 290 g/mol. The minimum Gasteiger partial charge on any atom is -0.437 e. The largest absolute Gasteiger partial charge is 0.437 e. The Balaban J connectivity index is 1.98. The van der Waals surface area contributed by atoms with E-state index in [1.54, 1.807) is 35.4 Å². The fourth-order valence-corrected chi connectivity index (χ4v) is 1.77. The highest BCUT2D eigenvalue weighted by Crippen LogP contribution is 2.21. The molecule has 0 spiro atoms. The molecule has 0 amide bonds. The Hall–Kier alpha value is -1.95. The van der Waals surface area contributed by atoms with Crippen LogP contribution in [0.1, 0.15) is 0 Å². The molecule has 0 N–H and O–H groups in total. The van der Waals surface area contributed by atoms with Crippen molar-refractivity contribution in [3.8, 4) is 11.6 Å². The number of nitrogens with zero attached hydrogens (tertiary/aromatic N) is 4. The summed E-state index contributed by atoms with van der Waals surface area (Å²) in [6.07, 6.45) is 6.81. The van der Waals surface area contributed by atoms with Crippen molar-refractivity contribution in [3.05, 3.63) is 47.5 Å². The molecule has 3 rings (SSSR count). The summed E-state index contributed by atoms with van der Waals surface area (Å²) in [4.78, 5) is 8.30. The van der Waals surface area contributed by atoms with Gasteiger partial charge in [0, 0.05) is 18.5 Å². The predicted molar refractivity (Wildman–Crippen MR) is 65.0 cm³/mol. The van der Waals surface area contributed by atoms with Crippen LogP contribution in [0.25, 0.3) is 5.65 Å². The van der Waals surface area contributed by atoms with Crippen molar-refractivity contribution in [2.45, 2.75) is 0 Å². The summed E-state index contributed by atoms with van der Waals surface area (Å²) in [6, 6.07) is 5.38. The Kier molecular flexibility index (Phi) is 2.49. The first-order chi connectivity index (χ1) is 8.33. The van der Waals surface area contributed by atoms with Gasteiger partial charge in [-0.1, -0.05) is 0 Å². The zero-order chi connectivity index (χ0) is 11.7. The van der Waals surface area contributed by atoms with Crippen LogP contribution in [0.2, 0.25) is 0 Å². The van der Waals surface area contributed by atoms with Crippen LogP contribution in [0.4, 0.5) is 0 Å². The first kappa shape index (κ1) is 10.2. The van der Waals surface area contributed by atoms with Crippen LogP contribution in [-0.4, -0.2) is 19.6 Å². The van der Waals surface area contributed by atoms with E-state index in [1.807, 2.05) is 12.1 Å². The lowest BCUT2D eigenvalue weighted by Crippen LogP contribution is -1.93. The zero-order valence-electron chi connectivity index (χ0n) is 8.62. The highest BCUT2D eigenvalue weighted by Gasteiger charge is 2.05. The van der Waals surface area contributed by atoms with Gasteiger partial charge in [0.25, 0.3) is 0 Å². The van der Waals surface area contributed by atoms with E-state index >= 15 is 0 Å². The van der Waals surface area contributed by atoms with E-state index in [0.29, 0.717) is 17.3 Å². The Morgan fingerprint density at radius 2 is 2.18 bits per heavy atom. The van der Waals surface area contributed by atoms with Crippen molar-refractivity contribution >= 4 is 21.6 Å². The standard InChI is InChI=1S/C11H7BrN4O/c12-9-7-14-16-5-3-10(15-11(9)16)17-8-2-1-4-13-6-8/h1-7H. The third-order valence-corrected chi connectivity index (χ3v) is 2.72. The Morgan fingerprint density at radius 3 is 3.00 bits per heavy atom. The van der Waals surface area contributed by atoms with Gasteiger partial charge in [0.1, 0.15) is 5.75 Å². The predicted octanol–water partition coefficient (Wildman–Crippen LogP) is 2.68. The van der Waals surface area contributed by atoms with Crippen LogP contribution in [0.15, 0.2) is 47.5 Å². The van der Waals surface area contributed by atoms with E-state index in [-0.39, 0.29) is 0 Å². The average molecular weight is 291 g/mol. The number of halogens is 1. The molecule has 5 nitrogen and oxygen atoms in total. The fraction of sp³-hybridized carbons (Fsp3) is 0. The van der Waals surface area contributed by atoms with Crippen molar-refractivity contribution in [1.29, 1.82) is 0 Å². The molecule has 17 heavy (non-hydrogen) atoms. The van der Waals surface area contributed by atoms with E-state index in [9.17, 15) is 0 Å². The molecular weight excluding hydrogens is 284 g/mol. The van der Waals surface area contributed by atoms with Gasteiger partial charge in [0.05, 0.1) is 16.9 Å². The molecule has 0 saturated carbocycles. The molecule has 84 valence electrons. The van der Waals surface area contributed by atoms with Crippen molar-refractivity contribution in [3.63, 3.8) is 0 Å². The number of fused-ring (bicyclic) bond motifs is 1. The molecule has 0 fully saturated rings. The molecular formula is C11H7BrN4O. The van der Waals surface area contributed by atoms with Crippen LogP contribution in [0.3, 0.4) is 0 Å². The lowest BCUT2D eigenvalue weighted by molar-refractivity contribution is 0.460. The summed E-state index contributed by atoms with van der Waals surface area (Å²) < 4.78 is 8.07. The second-order valence-electron chi connectivity index (χ2n) is 3.32. The highest BCUT2D eigenvalue weighted by atomic mass is 79.9. The Morgan fingerprint density at radius 1 is 1.24 bits per heavy atom. The molecule has 3 aromatic heterocycles. The first-order valence-electron chi connectivity index (χ1n) is 4.91. The summed E-state index contributed by atoms with van der Waals surface area (Å²) in [6.45, 7) is 0. The maximum atomic E-state index is 5.58. The third kappa shape index (κ3) is 1.99. The van der Waals surface area contributed by atoms with Crippen LogP contribution in [0.5, 0.6) is 11.6 Å². The second kappa shape index (κ2) is 4.14. The highest BCUT2D eigenvalue weighted by molar-refractivity contribution is 9.10. The second-order valence-corrected chi connectivity index (χ2v) is 4.17. The van der Waals surface area contributed by atoms with Crippen molar-refractivity contribution in [2.75, 3.05) is 0 Å². The van der Waals surface area contributed by atoms with Gasteiger partial charge in [-0.05, 0) is 28.1 Å². The number of rotatable bonds is 2. The van der Waals surface area contributed by atoms with Crippen LogP contribution < -0.4 is 4.74 Å². The van der Waals surface area contributed by atoms with Gasteiger partial charge in [-0.25, -0.2) is 4.52 Å². The van der Waals surface area contributed by atoms with E-state index in [2.05, 4.69) is 31.0 Å². The minimum atomic E-state index is 0.506. The molecule has 0 aromatic carbocycles. The van der Waals surface area contributed by atoms with Gasteiger partial charge in [-0.3, -0.25) is 4.98 Å². The topological polar surface area (TPSA) is 52.3 Å². The van der Waals surface area contributed by atoms with E-state index in [4.69, 9.17) is 4.74 Å². The maximum Gasteiger partial charge on any atom is 0.222 e. The molecule has 0 unspecified atom stereocenters. The normalized spacial score (nSPS) is 10.6.